The van der Waals surface area contributed by atoms with Gasteiger partial charge in [0.05, 0.1) is 0 Å². The zero-order chi connectivity index (χ0) is 12.9. The number of halogens is 3. The highest BCUT2D eigenvalue weighted by Gasteiger charge is 2.33. The third-order valence-corrected chi connectivity index (χ3v) is 2.75. The van der Waals surface area contributed by atoms with E-state index in [9.17, 15) is 13.2 Å². The molecule has 0 fully saturated rings. The van der Waals surface area contributed by atoms with Gasteiger partial charge in [-0.15, -0.1) is 11.8 Å². The third kappa shape index (κ3) is 4.78. The van der Waals surface area contributed by atoms with E-state index in [0.29, 0.717) is 12.4 Å². The van der Waals surface area contributed by atoms with Gasteiger partial charge in [-0.2, -0.15) is 13.2 Å². The first-order valence-electron chi connectivity index (χ1n) is 4.77. The first-order chi connectivity index (χ1) is 7.93. The van der Waals surface area contributed by atoms with E-state index in [0.717, 1.165) is 12.5 Å². The van der Waals surface area contributed by atoms with Crippen molar-refractivity contribution >= 4 is 17.7 Å². The number of alkyl halides is 3. The van der Waals surface area contributed by atoms with Gasteiger partial charge >= 0.3 is 6.18 Å². The van der Waals surface area contributed by atoms with Crippen LogP contribution >= 0.6 is 11.8 Å². The lowest BCUT2D eigenvalue weighted by Gasteiger charge is -2.08. The largest absolute Gasteiger partial charge is 0.433 e. The van der Waals surface area contributed by atoms with Crippen LogP contribution in [0.3, 0.4) is 0 Å². The summed E-state index contributed by atoms with van der Waals surface area (Å²) in [6.45, 7) is 0.555. The second-order valence-electron chi connectivity index (χ2n) is 3.14. The Morgan fingerprint density at radius 1 is 1.41 bits per heavy atom. The van der Waals surface area contributed by atoms with Gasteiger partial charge in [-0.1, -0.05) is 0 Å². The molecule has 4 nitrogen and oxygen atoms in total. The van der Waals surface area contributed by atoms with E-state index in [2.05, 4.69) is 9.97 Å². The molecular formula is C9H12F3N3OS. The second-order valence-corrected chi connectivity index (χ2v) is 4.26. The highest BCUT2D eigenvalue weighted by molar-refractivity contribution is 7.99. The standard InChI is InChI=1S/C9H12F3N3OS/c1-16-3-2-4-17-7-5-6(9(10,11)12)14-8(13)15-7/h5H,2-4H2,1H3,(H2,13,14,15). The molecule has 0 saturated carbocycles. The van der Waals surface area contributed by atoms with E-state index in [1.54, 1.807) is 7.11 Å². The number of hydrogen-bond donors (Lipinski definition) is 1. The summed E-state index contributed by atoms with van der Waals surface area (Å²) in [5, 5.41) is 0.223. The molecule has 0 aromatic carbocycles. The Balaban J connectivity index is 2.69. The first kappa shape index (κ1) is 14.0. The minimum atomic E-state index is -4.50. The number of hydrogen-bond acceptors (Lipinski definition) is 5. The summed E-state index contributed by atoms with van der Waals surface area (Å²) in [5.74, 6) is 0.246. The Morgan fingerprint density at radius 3 is 2.71 bits per heavy atom. The fraction of sp³-hybridized carbons (Fsp3) is 0.556. The molecule has 1 aromatic rings. The fourth-order valence-electron chi connectivity index (χ4n) is 1.04. The molecule has 0 saturated heterocycles. The minimum Gasteiger partial charge on any atom is -0.385 e. The van der Waals surface area contributed by atoms with Crippen molar-refractivity contribution in [3.05, 3.63) is 11.8 Å². The van der Waals surface area contributed by atoms with Gasteiger partial charge in [0.15, 0.2) is 5.69 Å². The molecule has 1 heterocycles. The summed E-state index contributed by atoms with van der Waals surface area (Å²) >= 11 is 1.19. The molecule has 0 unspecified atom stereocenters. The van der Waals surface area contributed by atoms with Crippen LogP contribution in [0.4, 0.5) is 19.1 Å². The molecule has 0 atom stereocenters. The smallest absolute Gasteiger partial charge is 0.385 e. The van der Waals surface area contributed by atoms with Crippen molar-refractivity contribution in [3.8, 4) is 0 Å². The van der Waals surface area contributed by atoms with Crippen molar-refractivity contribution < 1.29 is 17.9 Å². The fourth-order valence-corrected chi connectivity index (χ4v) is 1.87. The van der Waals surface area contributed by atoms with Crippen LogP contribution in [0.15, 0.2) is 11.1 Å². The van der Waals surface area contributed by atoms with Crippen LogP contribution in [-0.4, -0.2) is 29.4 Å². The van der Waals surface area contributed by atoms with E-state index in [1.807, 2.05) is 0 Å². The lowest BCUT2D eigenvalue weighted by Crippen LogP contribution is -2.11. The van der Waals surface area contributed by atoms with E-state index >= 15 is 0 Å². The summed E-state index contributed by atoms with van der Waals surface area (Å²) in [7, 11) is 1.56. The summed E-state index contributed by atoms with van der Waals surface area (Å²) in [6, 6.07) is 0.897. The molecule has 0 bridgehead atoms. The van der Waals surface area contributed by atoms with E-state index in [-0.39, 0.29) is 11.0 Å². The number of nitrogens with two attached hydrogens (primary N) is 1. The number of nitrogen functional groups attached to an aromatic ring is 1. The maximum absolute atomic E-state index is 12.4. The van der Waals surface area contributed by atoms with Crippen molar-refractivity contribution in [2.24, 2.45) is 0 Å². The third-order valence-electron chi connectivity index (χ3n) is 1.75. The van der Waals surface area contributed by atoms with Crippen molar-refractivity contribution in [1.82, 2.24) is 9.97 Å². The Morgan fingerprint density at radius 2 is 2.12 bits per heavy atom. The number of ether oxygens (including phenoxy) is 1. The summed E-state index contributed by atoms with van der Waals surface area (Å²) < 4.78 is 42.1. The lowest BCUT2D eigenvalue weighted by molar-refractivity contribution is -0.141. The van der Waals surface area contributed by atoms with Crippen LogP contribution in [0.25, 0.3) is 0 Å². The maximum atomic E-state index is 12.4. The predicted molar refractivity (Wildman–Crippen MR) is 58.7 cm³/mol. The van der Waals surface area contributed by atoms with Crippen molar-refractivity contribution in [1.29, 1.82) is 0 Å². The molecule has 0 aliphatic carbocycles. The quantitative estimate of drug-likeness (QED) is 0.503. The Bertz CT molecular complexity index is 373. The number of anilines is 1. The molecule has 0 amide bonds. The van der Waals surface area contributed by atoms with Gasteiger partial charge < -0.3 is 10.5 Å². The average Bonchev–Trinajstić information content (AvgIpc) is 2.22. The summed E-state index contributed by atoms with van der Waals surface area (Å²) in [6.07, 6.45) is -3.77. The van der Waals surface area contributed by atoms with Gasteiger partial charge in [-0.05, 0) is 6.42 Å². The van der Waals surface area contributed by atoms with Gasteiger partial charge in [0.25, 0.3) is 0 Å². The van der Waals surface area contributed by atoms with Crippen LogP contribution < -0.4 is 5.73 Å². The van der Waals surface area contributed by atoms with Crippen molar-refractivity contribution in [2.45, 2.75) is 17.6 Å². The average molecular weight is 267 g/mol. The maximum Gasteiger partial charge on any atom is 0.433 e. The summed E-state index contributed by atoms with van der Waals surface area (Å²) in [4.78, 5) is 6.89. The molecule has 2 N–H and O–H groups in total. The number of methoxy groups -OCH3 is 1. The monoisotopic (exact) mass is 267 g/mol. The van der Waals surface area contributed by atoms with Gasteiger partial charge in [-0.25, -0.2) is 9.97 Å². The molecule has 17 heavy (non-hydrogen) atoms. The normalized spacial score (nSPS) is 11.8. The second kappa shape index (κ2) is 6.06. The first-order valence-corrected chi connectivity index (χ1v) is 5.75. The molecule has 1 rings (SSSR count). The molecule has 8 heteroatoms. The van der Waals surface area contributed by atoms with E-state index < -0.39 is 11.9 Å². The Hall–Kier alpha value is -1.02. The minimum absolute atomic E-state index is 0.223. The van der Waals surface area contributed by atoms with Crippen molar-refractivity contribution in [3.63, 3.8) is 0 Å². The van der Waals surface area contributed by atoms with E-state index in [1.165, 1.54) is 11.8 Å². The van der Waals surface area contributed by atoms with Gasteiger partial charge in [0.2, 0.25) is 5.95 Å². The zero-order valence-electron chi connectivity index (χ0n) is 9.12. The van der Waals surface area contributed by atoms with Crippen LogP contribution in [0.2, 0.25) is 0 Å². The van der Waals surface area contributed by atoms with Crippen LogP contribution in [0.1, 0.15) is 12.1 Å². The van der Waals surface area contributed by atoms with Gasteiger partial charge in [0.1, 0.15) is 5.03 Å². The Labute approximate surface area is 101 Å². The topological polar surface area (TPSA) is 61.0 Å². The van der Waals surface area contributed by atoms with Crippen LogP contribution in [0.5, 0.6) is 0 Å². The van der Waals surface area contributed by atoms with Gasteiger partial charge in [-0.3, -0.25) is 0 Å². The highest BCUT2D eigenvalue weighted by atomic mass is 32.2. The van der Waals surface area contributed by atoms with Crippen LogP contribution in [0, 0.1) is 0 Å². The highest BCUT2D eigenvalue weighted by Crippen LogP contribution is 2.30. The van der Waals surface area contributed by atoms with Crippen molar-refractivity contribution in [2.75, 3.05) is 25.2 Å². The Kier molecular flexibility index (Phi) is 5.01. The number of thioether (sulfide) groups is 1. The lowest BCUT2D eigenvalue weighted by atomic mass is 10.4. The molecule has 96 valence electrons. The number of nitrogens with zero attached hydrogens (tertiary/aromatic N) is 2. The molecule has 0 aliphatic heterocycles. The van der Waals surface area contributed by atoms with Gasteiger partial charge in [0, 0.05) is 25.5 Å². The zero-order valence-corrected chi connectivity index (χ0v) is 9.94. The predicted octanol–water partition coefficient (Wildman–Crippen LogP) is 2.21. The number of aromatic nitrogens is 2. The molecule has 0 aliphatic rings. The SMILES string of the molecule is COCCCSc1cc(C(F)(F)F)nc(N)n1. The number of rotatable bonds is 5. The molecule has 0 radical (unpaired) electrons. The van der Waals surface area contributed by atoms with E-state index in [4.69, 9.17) is 10.5 Å². The molecule has 1 aromatic heterocycles. The summed E-state index contributed by atoms with van der Waals surface area (Å²) in [5.41, 5.74) is 4.21. The molecule has 0 spiro atoms. The molecular weight excluding hydrogens is 255 g/mol. The van der Waals surface area contributed by atoms with Crippen LogP contribution in [-0.2, 0) is 10.9 Å².